The second-order valence-corrected chi connectivity index (χ2v) is 8.70. The summed E-state index contributed by atoms with van der Waals surface area (Å²) in [5.41, 5.74) is 0.187. The molecule has 18 heavy (non-hydrogen) atoms. The van der Waals surface area contributed by atoms with Gasteiger partial charge >= 0.3 is 0 Å². The molecule has 0 heterocycles. The van der Waals surface area contributed by atoms with Crippen molar-refractivity contribution >= 4 is 10.1 Å². The summed E-state index contributed by atoms with van der Waals surface area (Å²) in [6.45, 7) is 13.2. The van der Waals surface area contributed by atoms with Gasteiger partial charge in [0, 0.05) is 6.61 Å². The zero-order valence-corrected chi connectivity index (χ0v) is 13.3. The van der Waals surface area contributed by atoms with Gasteiger partial charge in [-0.25, -0.2) is 0 Å². The summed E-state index contributed by atoms with van der Waals surface area (Å²) in [4.78, 5) is 0. The average Bonchev–Trinajstić information content (AvgIpc) is 2.04. The summed E-state index contributed by atoms with van der Waals surface area (Å²) in [7, 11) is -3.87. The van der Waals surface area contributed by atoms with Crippen LogP contribution < -0.4 is 0 Å². The third-order valence-electron chi connectivity index (χ3n) is 2.63. The summed E-state index contributed by atoms with van der Waals surface area (Å²) >= 11 is 0. The molecular weight excluding hydrogens is 252 g/mol. The lowest BCUT2D eigenvalue weighted by molar-refractivity contribution is -0.0399. The minimum absolute atomic E-state index is 0.0192. The molecule has 0 fully saturated rings. The van der Waals surface area contributed by atoms with Crippen molar-refractivity contribution in [1.82, 2.24) is 0 Å². The Morgan fingerprint density at radius 1 is 1.11 bits per heavy atom. The second kappa shape index (κ2) is 6.35. The normalized spacial score (nSPS) is 15.7. The molecule has 0 aromatic rings. The van der Waals surface area contributed by atoms with Crippen LogP contribution in [0.4, 0.5) is 0 Å². The molecule has 1 N–H and O–H groups in total. The van der Waals surface area contributed by atoms with Crippen LogP contribution in [0.15, 0.2) is 0 Å². The predicted molar refractivity (Wildman–Crippen MR) is 74.3 cm³/mol. The number of rotatable bonds is 6. The highest BCUT2D eigenvalue weighted by Gasteiger charge is 2.29. The topological polar surface area (TPSA) is 63.6 Å². The minimum Gasteiger partial charge on any atom is -0.378 e. The molecule has 0 amide bonds. The van der Waals surface area contributed by atoms with Gasteiger partial charge in [0.15, 0.2) is 0 Å². The molecule has 0 saturated heterocycles. The van der Waals surface area contributed by atoms with Crippen molar-refractivity contribution in [3.8, 4) is 0 Å². The van der Waals surface area contributed by atoms with E-state index < -0.39 is 10.1 Å². The largest absolute Gasteiger partial charge is 0.378 e. The maximum absolute atomic E-state index is 10.6. The lowest BCUT2D eigenvalue weighted by atomic mass is 9.78. The Hall–Kier alpha value is -0.130. The number of hydrogen-bond acceptors (Lipinski definition) is 3. The third kappa shape index (κ3) is 9.85. The summed E-state index contributed by atoms with van der Waals surface area (Å²) < 4.78 is 35.7. The van der Waals surface area contributed by atoms with Crippen molar-refractivity contribution in [2.24, 2.45) is 10.8 Å². The van der Waals surface area contributed by atoms with Crippen LogP contribution in [-0.2, 0) is 14.9 Å². The molecular formula is C13H28O4S. The Morgan fingerprint density at radius 2 is 1.61 bits per heavy atom. The van der Waals surface area contributed by atoms with Gasteiger partial charge < -0.3 is 4.74 Å². The summed E-state index contributed by atoms with van der Waals surface area (Å²) in [5.74, 6) is -0.237. The molecule has 110 valence electrons. The first-order valence-corrected chi connectivity index (χ1v) is 7.99. The van der Waals surface area contributed by atoms with Gasteiger partial charge in [-0.3, -0.25) is 4.55 Å². The number of hydrogen-bond donors (Lipinski definition) is 1. The summed E-state index contributed by atoms with van der Waals surface area (Å²) in [6.07, 6.45) is 1.33. The SMILES string of the molecule is CC(C)(C)CC(OCCCS(=O)(=O)O)C(C)(C)C. The average molecular weight is 280 g/mol. The van der Waals surface area contributed by atoms with E-state index in [-0.39, 0.29) is 22.7 Å². The standard InChI is InChI=1S/C13H28O4S/c1-12(2,3)10-11(13(4,5)6)17-8-7-9-18(14,15)16/h11H,7-10H2,1-6H3,(H,14,15,16). The fourth-order valence-electron chi connectivity index (χ4n) is 1.64. The first kappa shape index (κ1) is 17.9. The van der Waals surface area contributed by atoms with Gasteiger partial charge in [0.05, 0.1) is 11.9 Å². The van der Waals surface area contributed by atoms with E-state index in [4.69, 9.17) is 9.29 Å². The highest BCUT2D eigenvalue weighted by atomic mass is 32.2. The van der Waals surface area contributed by atoms with Crippen molar-refractivity contribution in [2.45, 2.75) is 60.5 Å². The van der Waals surface area contributed by atoms with Gasteiger partial charge in [-0.1, -0.05) is 41.5 Å². The molecule has 0 aliphatic carbocycles. The highest BCUT2D eigenvalue weighted by molar-refractivity contribution is 7.85. The van der Waals surface area contributed by atoms with Gasteiger partial charge in [0.25, 0.3) is 10.1 Å². The zero-order valence-electron chi connectivity index (χ0n) is 12.5. The molecule has 1 atom stereocenters. The maximum atomic E-state index is 10.6. The van der Waals surface area contributed by atoms with Gasteiger partial charge in [0.2, 0.25) is 0 Å². The van der Waals surface area contributed by atoms with E-state index in [0.717, 1.165) is 6.42 Å². The fourth-order valence-corrected chi connectivity index (χ4v) is 2.12. The van der Waals surface area contributed by atoms with Crippen LogP contribution in [0.2, 0.25) is 0 Å². The second-order valence-electron chi connectivity index (χ2n) is 7.13. The van der Waals surface area contributed by atoms with E-state index in [1.807, 2.05) is 0 Å². The molecule has 0 saturated carbocycles. The molecule has 0 radical (unpaired) electrons. The van der Waals surface area contributed by atoms with E-state index in [1.165, 1.54) is 0 Å². The molecule has 0 spiro atoms. The van der Waals surface area contributed by atoms with Crippen LogP contribution in [0.25, 0.3) is 0 Å². The Bertz CT molecular complexity index is 333. The van der Waals surface area contributed by atoms with Crippen molar-refractivity contribution in [2.75, 3.05) is 12.4 Å². The lowest BCUT2D eigenvalue weighted by Crippen LogP contribution is -2.33. The highest BCUT2D eigenvalue weighted by Crippen LogP contribution is 2.32. The van der Waals surface area contributed by atoms with Gasteiger partial charge in [0.1, 0.15) is 0 Å². The fraction of sp³-hybridized carbons (Fsp3) is 1.00. The van der Waals surface area contributed by atoms with E-state index in [0.29, 0.717) is 13.0 Å². The van der Waals surface area contributed by atoms with Crippen LogP contribution in [-0.4, -0.2) is 31.4 Å². The Kier molecular flexibility index (Phi) is 6.30. The van der Waals surface area contributed by atoms with Crippen molar-refractivity contribution in [3.63, 3.8) is 0 Å². The third-order valence-corrected chi connectivity index (χ3v) is 3.43. The number of ether oxygens (including phenoxy) is 1. The van der Waals surface area contributed by atoms with Crippen molar-refractivity contribution in [3.05, 3.63) is 0 Å². The monoisotopic (exact) mass is 280 g/mol. The minimum atomic E-state index is -3.87. The van der Waals surface area contributed by atoms with Crippen molar-refractivity contribution < 1.29 is 17.7 Å². The van der Waals surface area contributed by atoms with E-state index in [2.05, 4.69) is 41.5 Å². The summed E-state index contributed by atoms with van der Waals surface area (Å²) in [5, 5.41) is 0. The molecule has 0 aliphatic heterocycles. The quantitative estimate of drug-likeness (QED) is 0.599. The smallest absolute Gasteiger partial charge is 0.264 e. The van der Waals surface area contributed by atoms with Crippen molar-refractivity contribution in [1.29, 1.82) is 0 Å². The van der Waals surface area contributed by atoms with Crippen LogP contribution in [0.5, 0.6) is 0 Å². The molecule has 0 bridgehead atoms. The van der Waals surface area contributed by atoms with Crippen LogP contribution >= 0.6 is 0 Å². The van der Waals surface area contributed by atoms with E-state index >= 15 is 0 Å². The predicted octanol–water partition coefficient (Wildman–Crippen LogP) is 3.13. The molecule has 0 aromatic heterocycles. The first-order chi connectivity index (χ1) is 7.81. The van der Waals surface area contributed by atoms with Gasteiger partial charge in [-0.05, 0) is 23.7 Å². The summed E-state index contributed by atoms with van der Waals surface area (Å²) in [6, 6.07) is 0. The lowest BCUT2D eigenvalue weighted by Gasteiger charge is -2.35. The van der Waals surface area contributed by atoms with E-state index in [1.54, 1.807) is 0 Å². The Labute approximate surface area is 112 Å². The Balaban J connectivity index is 4.28. The van der Waals surface area contributed by atoms with Crippen LogP contribution in [0, 0.1) is 10.8 Å². The van der Waals surface area contributed by atoms with Crippen LogP contribution in [0.3, 0.4) is 0 Å². The molecule has 1 unspecified atom stereocenters. The molecule has 5 heteroatoms. The maximum Gasteiger partial charge on any atom is 0.264 e. The van der Waals surface area contributed by atoms with E-state index in [9.17, 15) is 8.42 Å². The molecule has 0 rings (SSSR count). The van der Waals surface area contributed by atoms with Crippen LogP contribution in [0.1, 0.15) is 54.4 Å². The molecule has 0 aromatic carbocycles. The first-order valence-electron chi connectivity index (χ1n) is 6.38. The van der Waals surface area contributed by atoms with Gasteiger partial charge in [-0.15, -0.1) is 0 Å². The molecule has 0 aliphatic rings. The van der Waals surface area contributed by atoms with Gasteiger partial charge in [-0.2, -0.15) is 8.42 Å². The Morgan fingerprint density at radius 3 is 1.94 bits per heavy atom. The molecule has 4 nitrogen and oxygen atoms in total. The zero-order chi connectivity index (χ0) is 14.6.